The Morgan fingerprint density at radius 2 is 1.74 bits per heavy atom. The molecule has 4 aromatic carbocycles. The molecule has 0 radical (unpaired) electrons. The number of methoxy groups -OCH3 is 1. The van der Waals surface area contributed by atoms with Crippen molar-refractivity contribution in [2.24, 2.45) is 5.92 Å². The van der Waals surface area contributed by atoms with Crippen LogP contribution in [0.4, 0.5) is 0 Å². The highest BCUT2D eigenvalue weighted by atomic mass is 16.5. The van der Waals surface area contributed by atoms with Crippen LogP contribution in [0.15, 0.2) is 91.0 Å². The molecule has 3 atom stereocenters. The molecule has 0 heterocycles. The molecule has 1 aliphatic rings. The second kappa shape index (κ2) is 9.82. The molecule has 3 heteroatoms. The summed E-state index contributed by atoms with van der Waals surface area (Å²) in [6.45, 7) is 3.21. The standard InChI is InChI=1S/C31H31NO2/c1-21(27-16-8-11-23-9-3-5-14-28(23)27)32-20-22-17-24-10-4-6-15-29(24)30(18-22)25-12-7-13-26(19-25)31(33)34-2/h3-16,19,21-22,30,32H,17-18,20H2,1-2H3. The van der Waals surface area contributed by atoms with Gasteiger partial charge in [0.15, 0.2) is 0 Å². The first kappa shape index (κ1) is 22.4. The van der Waals surface area contributed by atoms with Crippen LogP contribution in [0.5, 0.6) is 0 Å². The number of carbonyl (C=O) groups excluding carboxylic acids is 1. The van der Waals surface area contributed by atoms with Gasteiger partial charge in [-0.2, -0.15) is 0 Å². The predicted molar refractivity (Wildman–Crippen MR) is 138 cm³/mol. The van der Waals surface area contributed by atoms with Gasteiger partial charge in [-0.3, -0.25) is 0 Å². The van der Waals surface area contributed by atoms with E-state index in [4.69, 9.17) is 4.74 Å². The van der Waals surface area contributed by atoms with Crippen LogP contribution in [0, 0.1) is 5.92 Å². The zero-order valence-electron chi connectivity index (χ0n) is 19.8. The van der Waals surface area contributed by atoms with E-state index in [1.807, 2.05) is 18.2 Å². The molecule has 0 aromatic heterocycles. The zero-order chi connectivity index (χ0) is 23.5. The summed E-state index contributed by atoms with van der Waals surface area (Å²) in [5.74, 6) is 0.501. The van der Waals surface area contributed by atoms with E-state index in [1.54, 1.807) is 0 Å². The fourth-order valence-electron chi connectivity index (χ4n) is 5.47. The fraction of sp³-hybridized carbons (Fsp3) is 0.258. The number of benzene rings is 4. The first-order valence-electron chi connectivity index (χ1n) is 12.1. The third-order valence-corrected chi connectivity index (χ3v) is 7.22. The maximum atomic E-state index is 12.1. The van der Waals surface area contributed by atoms with Gasteiger partial charge in [-0.1, -0.05) is 78.9 Å². The Morgan fingerprint density at radius 1 is 0.971 bits per heavy atom. The average molecular weight is 450 g/mol. The molecule has 3 nitrogen and oxygen atoms in total. The van der Waals surface area contributed by atoms with Crippen molar-refractivity contribution in [3.8, 4) is 0 Å². The Balaban J connectivity index is 1.37. The zero-order valence-corrected chi connectivity index (χ0v) is 19.8. The second-order valence-electron chi connectivity index (χ2n) is 9.37. The van der Waals surface area contributed by atoms with Crippen LogP contribution in [0.3, 0.4) is 0 Å². The molecule has 3 unspecified atom stereocenters. The smallest absolute Gasteiger partial charge is 0.337 e. The molecule has 0 bridgehead atoms. The van der Waals surface area contributed by atoms with Crippen LogP contribution >= 0.6 is 0 Å². The summed E-state index contributed by atoms with van der Waals surface area (Å²) in [4.78, 5) is 12.1. The monoisotopic (exact) mass is 449 g/mol. The Kier molecular flexibility index (Phi) is 6.46. The van der Waals surface area contributed by atoms with E-state index >= 15 is 0 Å². The van der Waals surface area contributed by atoms with Gasteiger partial charge in [0.2, 0.25) is 0 Å². The highest BCUT2D eigenvalue weighted by Crippen LogP contribution is 2.39. The summed E-state index contributed by atoms with van der Waals surface area (Å²) in [7, 11) is 1.43. The number of ether oxygens (including phenoxy) is 1. The molecule has 0 saturated heterocycles. The summed E-state index contributed by atoms with van der Waals surface area (Å²) in [5, 5.41) is 6.43. The molecule has 0 fully saturated rings. The molecule has 0 spiro atoms. The number of rotatable bonds is 6. The number of hydrogen-bond acceptors (Lipinski definition) is 3. The van der Waals surface area contributed by atoms with E-state index in [9.17, 15) is 4.79 Å². The quantitative estimate of drug-likeness (QED) is 0.334. The molecule has 0 aliphatic heterocycles. The van der Waals surface area contributed by atoms with E-state index in [1.165, 1.54) is 40.1 Å². The van der Waals surface area contributed by atoms with Crippen molar-refractivity contribution in [3.05, 3.63) is 119 Å². The second-order valence-corrected chi connectivity index (χ2v) is 9.37. The van der Waals surface area contributed by atoms with Crippen molar-refractivity contribution in [1.29, 1.82) is 0 Å². The van der Waals surface area contributed by atoms with Crippen LogP contribution in [0.1, 0.15) is 57.9 Å². The summed E-state index contributed by atoms with van der Waals surface area (Å²) >= 11 is 0. The maximum Gasteiger partial charge on any atom is 0.337 e. The van der Waals surface area contributed by atoms with Crippen LogP contribution in [-0.4, -0.2) is 19.6 Å². The lowest BCUT2D eigenvalue weighted by atomic mass is 9.73. The van der Waals surface area contributed by atoms with Gasteiger partial charge in [0, 0.05) is 12.0 Å². The van der Waals surface area contributed by atoms with Gasteiger partial charge < -0.3 is 10.1 Å². The van der Waals surface area contributed by atoms with Crippen LogP contribution in [0.2, 0.25) is 0 Å². The molecular formula is C31H31NO2. The molecule has 5 rings (SSSR count). The van der Waals surface area contributed by atoms with Crippen molar-refractivity contribution < 1.29 is 9.53 Å². The third-order valence-electron chi connectivity index (χ3n) is 7.22. The highest BCUT2D eigenvalue weighted by Gasteiger charge is 2.28. The fourth-order valence-corrected chi connectivity index (χ4v) is 5.47. The predicted octanol–water partition coefficient (Wildman–Crippen LogP) is 6.67. The number of hydrogen-bond donors (Lipinski definition) is 1. The van der Waals surface area contributed by atoms with Gasteiger partial charge in [0.1, 0.15) is 0 Å². The summed E-state index contributed by atoms with van der Waals surface area (Å²) in [5.41, 5.74) is 5.93. The molecule has 1 aliphatic carbocycles. The van der Waals surface area contributed by atoms with E-state index in [0.717, 1.165) is 19.4 Å². The van der Waals surface area contributed by atoms with E-state index < -0.39 is 0 Å². The van der Waals surface area contributed by atoms with Gasteiger partial charge >= 0.3 is 5.97 Å². The molecule has 172 valence electrons. The van der Waals surface area contributed by atoms with Gasteiger partial charge in [-0.25, -0.2) is 4.79 Å². The lowest BCUT2D eigenvalue weighted by molar-refractivity contribution is 0.0600. The van der Waals surface area contributed by atoms with Crippen LogP contribution < -0.4 is 5.32 Å². The summed E-state index contributed by atoms with van der Waals surface area (Å²) < 4.78 is 4.96. The SMILES string of the molecule is COC(=O)c1cccc(C2CC(CNC(C)c3cccc4ccccc34)Cc3ccccc32)c1. The lowest BCUT2D eigenvalue weighted by Gasteiger charge is -2.33. The minimum atomic E-state index is -0.284. The van der Waals surface area contributed by atoms with Crippen LogP contribution in [0.25, 0.3) is 10.8 Å². The number of esters is 1. The number of fused-ring (bicyclic) bond motifs is 2. The minimum absolute atomic E-state index is 0.268. The number of carbonyl (C=O) groups is 1. The lowest BCUT2D eigenvalue weighted by Crippen LogP contribution is -2.31. The molecule has 4 aromatic rings. The Hall–Kier alpha value is -3.43. The van der Waals surface area contributed by atoms with Crippen LogP contribution in [-0.2, 0) is 11.2 Å². The van der Waals surface area contributed by atoms with E-state index in [0.29, 0.717) is 11.5 Å². The van der Waals surface area contributed by atoms with E-state index in [-0.39, 0.29) is 17.9 Å². The summed E-state index contributed by atoms with van der Waals surface area (Å²) in [6.07, 6.45) is 2.12. The normalized spacial score (nSPS) is 18.3. The highest BCUT2D eigenvalue weighted by molar-refractivity contribution is 5.89. The maximum absolute atomic E-state index is 12.1. The van der Waals surface area contributed by atoms with E-state index in [2.05, 4.69) is 85.0 Å². The van der Waals surface area contributed by atoms with Gasteiger partial charge in [-0.15, -0.1) is 0 Å². The average Bonchev–Trinajstić information content (AvgIpc) is 2.90. The first-order chi connectivity index (χ1) is 16.6. The van der Waals surface area contributed by atoms with Crippen molar-refractivity contribution in [3.63, 3.8) is 0 Å². The van der Waals surface area contributed by atoms with Crippen molar-refractivity contribution in [2.75, 3.05) is 13.7 Å². The summed E-state index contributed by atoms with van der Waals surface area (Å²) in [6, 6.07) is 32.1. The minimum Gasteiger partial charge on any atom is -0.465 e. The topological polar surface area (TPSA) is 38.3 Å². The molecule has 0 amide bonds. The largest absolute Gasteiger partial charge is 0.465 e. The van der Waals surface area contributed by atoms with Crippen molar-refractivity contribution in [1.82, 2.24) is 5.32 Å². The molecule has 1 N–H and O–H groups in total. The van der Waals surface area contributed by atoms with Gasteiger partial charge in [0.05, 0.1) is 12.7 Å². The third kappa shape index (κ3) is 4.49. The molecule has 34 heavy (non-hydrogen) atoms. The van der Waals surface area contributed by atoms with Crippen molar-refractivity contribution in [2.45, 2.75) is 31.7 Å². The Labute approximate surface area is 201 Å². The number of nitrogens with one attached hydrogen (secondary N) is 1. The van der Waals surface area contributed by atoms with Crippen molar-refractivity contribution >= 4 is 16.7 Å². The van der Waals surface area contributed by atoms with Gasteiger partial charge in [0.25, 0.3) is 0 Å². The van der Waals surface area contributed by atoms with Gasteiger partial charge in [-0.05, 0) is 77.4 Å². The first-order valence-corrected chi connectivity index (χ1v) is 12.1. The molecule has 0 saturated carbocycles. The Morgan fingerprint density at radius 3 is 2.62 bits per heavy atom. The Bertz CT molecular complexity index is 1310. The molecular weight excluding hydrogens is 418 g/mol.